The molecule has 1 saturated heterocycles. The lowest BCUT2D eigenvalue weighted by atomic mass is 10.1. The van der Waals surface area contributed by atoms with Crippen LogP contribution >= 0.6 is 12.4 Å². The molecular weight excluding hydrogens is 270 g/mol. The Morgan fingerprint density at radius 3 is 2.74 bits per heavy atom. The Morgan fingerprint density at radius 1 is 1.53 bits per heavy atom. The van der Waals surface area contributed by atoms with Gasteiger partial charge in [-0.25, -0.2) is 0 Å². The summed E-state index contributed by atoms with van der Waals surface area (Å²) in [5.74, 6) is -0.307. The van der Waals surface area contributed by atoms with Crippen LogP contribution < -0.4 is 5.73 Å². The highest BCUT2D eigenvalue weighted by molar-refractivity contribution is 5.98. The molecular formula is C12H16ClN3O3. The molecule has 0 radical (unpaired) electrons. The van der Waals surface area contributed by atoms with Gasteiger partial charge in [0, 0.05) is 24.7 Å². The Morgan fingerprint density at radius 2 is 2.21 bits per heavy atom. The fourth-order valence-corrected chi connectivity index (χ4v) is 2.22. The average molecular weight is 286 g/mol. The van der Waals surface area contributed by atoms with Crippen LogP contribution in [0.4, 0.5) is 5.69 Å². The molecule has 2 N–H and O–H groups in total. The van der Waals surface area contributed by atoms with E-state index in [1.807, 2.05) is 0 Å². The molecule has 1 aliphatic heterocycles. The molecule has 0 bridgehead atoms. The Kier molecular flexibility index (Phi) is 4.85. The van der Waals surface area contributed by atoms with Crippen LogP contribution in [-0.2, 0) is 0 Å². The quantitative estimate of drug-likeness (QED) is 0.658. The maximum atomic E-state index is 12.2. The minimum atomic E-state index is -0.501. The molecule has 0 saturated carbocycles. The highest BCUT2D eigenvalue weighted by atomic mass is 35.5. The number of hydrogen-bond acceptors (Lipinski definition) is 4. The SMILES string of the molecule is Cc1cccc(C(=O)N2CC[C@H](N)C2)c1[N+](=O)[O-].Cl. The second-order valence-electron chi connectivity index (χ2n) is 4.53. The summed E-state index contributed by atoms with van der Waals surface area (Å²) in [6.07, 6.45) is 0.741. The van der Waals surface area contributed by atoms with E-state index in [0.717, 1.165) is 6.42 Å². The van der Waals surface area contributed by atoms with Gasteiger partial charge in [-0.1, -0.05) is 12.1 Å². The van der Waals surface area contributed by atoms with Crippen molar-refractivity contribution in [1.29, 1.82) is 0 Å². The maximum Gasteiger partial charge on any atom is 0.285 e. The smallest absolute Gasteiger partial charge is 0.285 e. The van der Waals surface area contributed by atoms with Crippen LogP contribution in [0.2, 0.25) is 0 Å². The summed E-state index contributed by atoms with van der Waals surface area (Å²) in [7, 11) is 0. The van der Waals surface area contributed by atoms with Crippen molar-refractivity contribution in [2.24, 2.45) is 5.73 Å². The standard InChI is InChI=1S/C12H15N3O3.ClH/c1-8-3-2-4-10(11(8)15(17)18)12(16)14-6-5-9(13)7-14;/h2-4,9H,5-7,13H2,1H3;1H/t9-;/m0./s1. The lowest BCUT2D eigenvalue weighted by Crippen LogP contribution is -2.32. The van der Waals surface area contributed by atoms with Crippen LogP contribution in [0.5, 0.6) is 0 Å². The van der Waals surface area contributed by atoms with Gasteiger partial charge in [-0.2, -0.15) is 0 Å². The summed E-state index contributed by atoms with van der Waals surface area (Å²) < 4.78 is 0. The number of amides is 1. The summed E-state index contributed by atoms with van der Waals surface area (Å²) in [5.41, 5.74) is 6.27. The predicted molar refractivity (Wildman–Crippen MR) is 73.6 cm³/mol. The number of nitro benzene ring substituents is 1. The van der Waals surface area contributed by atoms with E-state index in [9.17, 15) is 14.9 Å². The molecule has 1 amide bonds. The summed E-state index contributed by atoms with van der Waals surface area (Å²) >= 11 is 0. The van der Waals surface area contributed by atoms with E-state index in [1.54, 1.807) is 24.0 Å². The number of aryl methyl sites for hydroxylation is 1. The third kappa shape index (κ3) is 3.02. The Labute approximate surface area is 117 Å². The van der Waals surface area contributed by atoms with E-state index in [4.69, 9.17) is 5.73 Å². The third-order valence-electron chi connectivity index (χ3n) is 3.16. The van der Waals surface area contributed by atoms with E-state index in [0.29, 0.717) is 18.7 Å². The first-order valence-corrected chi connectivity index (χ1v) is 5.79. The van der Waals surface area contributed by atoms with Gasteiger partial charge in [0.15, 0.2) is 0 Å². The van der Waals surface area contributed by atoms with E-state index >= 15 is 0 Å². The molecule has 1 aromatic rings. The van der Waals surface area contributed by atoms with Gasteiger partial charge in [0.05, 0.1) is 4.92 Å². The normalized spacial score (nSPS) is 18.0. The largest absolute Gasteiger partial charge is 0.337 e. The number of nitrogens with zero attached hydrogens (tertiary/aromatic N) is 2. The van der Waals surface area contributed by atoms with Crippen molar-refractivity contribution in [3.63, 3.8) is 0 Å². The number of halogens is 1. The topological polar surface area (TPSA) is 89.5 Å². The van der Waals surface area contributed by atoms with E-state index in [2.05, 4.69) is 0 Å². The van der Waals surface area contributed by atoms with Gasteiger partial charge in [0.25, 0.3) is 11.6 Å². The Bertz CT molecular complexity index is 507. The molecule has 0 spiro atoms. The molecule has 2 rings (SSSR count). The highest BCUT2D eigenvalue weighted by Crippen LogP contribution is 2.25. The molecule has 104 valence electrons. The lowest BCUT2D eigenvalue weighted by molar-refractivity contribution is -0.385. The van der Waals surface area contributed by atoms with Crippen LogP contribution in [-0.4, -0.2) is 34.9 Å². The van der Waals surface area contributed by atoms with Crippen molar-refractivity contribution in [2.75, 3.05) is 13.1 Å². The number of carbonyl (C=O) groups is 1. The minimum absolute atomic E-state index is 0. The molecule has 0 unspecified atom stereocenters. The Hall–Kier alpha value is -1.66. The first-order valence-electron chi connectivity index (χ1n) is 5.79. The Balaban J connectivity index is 0.00000180. The number of rotatable bonds is 2. The van der Waals surface area contributed by atoms with Gasteiger partial charge in [0.1, 0.15) is 5.56 Å². The zero-order valence-corrected chi connectivity index (χ0v) is 11.4. The molecule has 0 aromatic heterocycles. The number of carbonyl (C=O) groups excluding carboxylic acids is 1. The fraction of sp³-hybridized carbons (Fsp3) is 0.417. The van der Waals surface area contributed by atoms with Crippen molar-refractivity contribution in [2.45, 2.75) is 19.4 Å². The van der Waals surface area contributed by atoms with E-state index in [1.165, 1.54) is 6.07 Å². The van der Waals surface area contributed by atoms with Crippen LogP contribution in [0.15, 0.2) is 18.2 Å². The molecule has 1 fully saturated rings. The molecule has 1 aromatic carbocycles. The van der Waals surface area contributed by atoms with Gasteiger partial charge in [-0.15, -0.1) is 12.4 Å². The van der Waals surface area contributed by atoms with Crippen molar-refractivity contribution < 1.29 is 9.72 Å². The van der Waals surface area contributed by atoms with Gasteiger partial charge >= 0.3 is 0 Å². The summed E-state index contributed by atoms with van der Waals surface area (Å²) in [6.45, 7) is 2.65. The second kappa shape index (κ2) is 5.99. The number of nitrogens with two attached hydrogens (primary N) is 1. The predicted octanol–water partition coefficient (Wildman–Crippen LogP) is 1.50. The average Bonchev–Trinajstić information content (AvgIpc) is 2.74. The lowest BCUT2D eigenvalue weighted by Gasteiger charge is -2.16. The zero-order chi connectivity index (χ0) is 13.3. The van der Waals surface area contributed by atoms with Gasteiger partial charge < -0.3 is 10.6 Å². The molecule has 7 heteroatoms. The van der Waals surface area contributed by atoms with Crippen LogP contribution in [0, 0.1) is 17.0 Å². The summed E-state index contributed by atoms with van der Waals surface area (Å²) in [5, 5.41) is 11.0. The molecule has 1 atom stereocenters. The molecule has 0 aliphatic carbocycles. The number of benzene rings is 1. The van der Waals surface area contributed by atoms with Crippen LogP contribution in [0.1, 0.15) is 22.3 Å². The number of likely N-dealkylation sites (tertiary alicyclic amines) is 1. The van der Waals surface area contributed by atoms with E-state index in [-0.39, 0.29) is 35.6 Å². The van der Waals surface area contributed by atoms with Crippen molar-refractivity contribution in [3.8, 4) is 0 Å². The summed E-state index contributed by atoms with van der Waals surface area (Å²) in [6, 6.07) is 4.76. The van der Waals surface area contributed by atoms with Crippen molar-refractivity contribution in [3.05, 3.63) is 39.4 Å². The molecule has 1 heterocycles. The van der Waals surface area contributed by atoms with Crippen LogP contribution in [0.25, 0.3) is 0 Å². The highest BCUT2D eigenvalue weighted by Gasteiger charge is 2.29. The number of nitro groups is 1. The molecule has 1 aliphatic rings. The van der Waals surface area contributed by atoms with E-state index < -0.39 is 4.92 Å². The van der Waals surface area contributed by atoms with Crippen molar-refractivity contribution in [1.82, 2.24) is 4.90 Å². The third-order valence-corrected chi connectivity index (χ3v) is 3.16. The zero-order valence-electron chi connectivity index (χ0n) is 10.5. The fourth-order valence-electron chi connectivity index (χ4n) is 2.22. The van der Waals surface area contributed by atoms with Gasteiger partial charge in [-0.3, -0.25) is 14.9 Å². The number of para-hydroxylation sites is 1. The monoisotopic (exact) mass is 285 g/mol. The van der Waals surface area contributed by atoms with Gasteiger partial charge in [-0.05, 0) is 19.4 Å². The number of hydrogen-bond donors (Lipinski definition) is 1. The first-order chi connectivity index (χ1) is 8.50. The summed E-state index contributed by atoms with van der Waals surface area (Å²) in [4.78, 5) is 24.3. The van der Waals surface area contributed by atoms with Crippen molar-refractivity contribution >= 4 is 24.0 Å². The molecule has 6 nitrogen and oxygen atoms in total. The van der Waals surface area contributed by atoms with Crippen LogP contribution in [0.3, 0.4) is 0 Å². The maximum absolute atomic E-state index is 12.2. The second-order valence-corrected chi connectivity index (χ2v) is 4.53. The molecule has 19 heavy (non-hydrogen) atoms. The van der Waals surface area contributed by atoms with Gasteiger partial charge in [0.2, 0.25) is 0 Å². The first kappa shape index (κ1) is 15.4. The minimum Gasteiger partial charge on any atom is -0.337 e.